The second-order valence-corrected chi connectivity index (χ2v) is 9.51. The van der Waals surface area contributed by atoms with Crippen molar-refractivity contribution in [3.05, 3.63) is 52.6 Å². The molecule has 6 rings (SSSR count). The van der Waals surface area contributed by atoms with Gasteiger partial charge in [-0.25, -0.2) is 9.37 Å². The van der Waals surface area contributed by atoms with Gasteiger partial charge >= 0.3 is 0 Å². The second-order valence-electron chi connectivity index (χ2n) is 9.51. The van der Waals surface area contributed by atoms with Gasteiger partial charge in [0.1, 0.15) is 17.2 Å². The molecule has 0 spiro atoms. The Morgan fingerprint density at radius 2 is 1.76 bits per heavy atom. The summed E-state index contributed by atoms with van der Waals surface area (Å²) >= 11 is 0. The van der Waals surface area contributed by atoms with E-state index in [9.17, 15) is 9.18 Å². The number of anilines is 2. The molecule has 4 heterocycles. The van der Waals surface area contributed by atoms with Crippen LogP contribution in [0.4, 0.5) is 15.8 Å². The van der Waals surface area contributed by atoms with Crippen LogP contribution in [0.2, 0.25) is 0 Å². The number of nitrogen functional groups attached to an aromatic ring is 1. The van der Waals surface area contributed by atoms with Crippen molar-refractivity contribution in [3.8, 4) is 11.4 Å². The first-order valence-electron chi connectivity index (χ1n) is 12.2. The summed E-state index contributed by atoms with van der Waals surface area (Å²) in [5, 5.41) is 0.204. The zero-order chi connectivity index (χ0) is 23.2. The fraction of sp³-hybridized carbons (Fsp3) is 0.385. The first-order valence-corrected chi connectivity index (χ1v) is 12.2. The smallest absolute Gasteiger partial charge is 0.261 e. The molecule has 2 aliphatic rings. The van der Waals surface area contributed by atoms with Gasteiger partial charge in [0, 0.05) is 24.8 Å². The second kappa shape index (κ2) is 8.43. The number of piperidine rings is 2. The Bertz CT molecular complexity index is 1410. The summed E-state index contributed by atoms with van der Waals surface area (Å²) in [6.07, 6.45) is 6.38. The maximum Gasteiger partial charge on any atom is 0.261 e. The minimum Gasteiger partial charge on any atom is -0.397 e. The lowest BCUT2D eigenvalue weighted by Crippen LogP contribution is -2.46. The molecule has 2 saturated heterocycles. The number of pyridine rings is 1. The fourth-order valence-electron chi connectivity index (χ4n) is 5.65. The normalized spacial score (nSPS) is 18.2. The zero-order valence-corrected chi connectivity index (χ0v) is 19.1. The molecule has 176 valence electrons. The summed E-state index contributed by atoms with van der Waals surface area (Å²) in [4.78, 5) is 28.5. The van der Waals surface area contributed by atoms with Crippen LogP contribution in [0.5, 0.6) is 0 Å². The van der Waals surface area contributed by atoms with Crippen LogP contribution in [0.25, 0.3) is 33.3 Å². The van der Waals surface area contributed by atoms with E-state index in [2.05, 4.69) is 36.9 Å². The third-order valence-corrected chi connectivity index (χ3v) is 7.47. The number of halogens is 1. The van der Waals surface area contributed by atoms with Gasteiger partial charge in [0.15, 0.2) is 0 Å². The molecule has 0 radical (unpaired) electrons. The third-order valence-electron chi connectivity index (χ3n) is 7.47. The first kappa shape index (κ1) is 21.2. The number of nitrogens with one attached hydrogen (secondary N) is 2. The Labute approximate surface area is 196 Å². The molecule has 0 unspecified atom stereocenters. The van der Waals surface area contributed by atoms with Crippen molar-refractivity contribution in [1.82, 2.24) is 19.9 Å². The highest BCUT2D eigenvalue weighted by atomic mass is 19.1. The average Bonchev–Trinajstić information content (AvgIpc) is 3.27. The Morgan fingerprint density at radius 3 is 2.56 bits per heavy atom. The van der Waals surface area contributed by atoms with E-state index in [-0.39, 0.29) is 16.6 Å². The summed E-state index contributed by atoms with van der Waals surface area (Å²) in [5.74, 6) is -0.126. The van der Waals surface area contributed by atoms with Gasteiger partial charge in [0.05, 0.1) is 27.6 Å². The Morgan fingerprint density at radius 1 is 0.971 bits per heavy atom. The molecule has 2 aromatic heterocycles. The minimum atomic E-state index is -0.473. The summed E-state index contributed by atoms with van der Waals surface area (Å²) in [6.45, 7) is 4.54. The maximum absolute atomic E-state index is 14.4. The van der Waals surface area contributed by atoms with E-state index in [0.717, 1.165) is 29.8 Å². The summed E-state index contributed by atoms with van der Waals surface area (Å²) in [5.41, 5.74) is 9.21. The molecule has 4 aromatic rings. The van der Waals surface area contributed by atoms with E-state index < -0.39 is 11.4 Å². The van der Waals surface area contributed by atoms with Gasteiger partial charge in [-0.2, -0.15) is 0 Å². The molecule has 7 nitrogen and oxygen atoms in total. The number of nitrogens with zero attached hydrogens (tertiary/aromatic N) is 3. The lowest BCUT2D eigenvalue weighted by molar-refractivity contribution is 0.141. The summed E-state index contributed by atoms with van der Waals surface area (Å²) in [6, 6.07) is 11.4. The highest BCUT2D eigenvalue weighted by Crippen LogP contribution is 2.31. The molecule has 2 fully saturated rings. The number of aromatic nitrogens is 3. The molecular weight excluding hydrogens is 431 g/mol. The fourth-order valence-corrected chi connectivity index (χ4v) is 5.65. The van der Waals surface area contributed by atoms with Crippen LogP contribution in [-0.4, -0.2) is 52.1 Å². The lowest BCUT2D eigenvalue weighted by atomic mass is 9.99. The number of fused-ring (bicyclic) bond motifs is 2. The van der Waals surface area contributed by atoms with Gasteiger partial charge in [-0.15, -0.1) is 0 Å². The third kappa shape index (κ3) is 3.62. The minimum absolute atomic E-state index is 0.0934. The molecule has 0 amide bonds. The number of aromatic amines is 2. The van der Waals surface area contributed by atoms with E-state index in [0.29, 0.717) is 17.4 Å². The van der Waals surface area contributed by atoms with E-state index in [4.69, 9.17) is 5.73 Å². The number of rotatable bonds is 3. The molecule has 0 saturated carbocycles. The molecule has 4 N–H and O–H groups in total. The summed E-state index contributed by atoms with van der Waals surface area (Å²) in [7, 11) is 0. The van der Waals surface area contributed by atoms with Crippen molar-refractivity contribution in [1.29, 1.82) is 0 Å². The molecule has 2 aromatic carbocycles. The van der Waals surface area contributed by atoms with Crippen LogP contribution in [0.1, 0.15) is 32.1 Å². The molecule has 0 aliphatic carbocycles. The molecule has 2 aliphatic heterocycles. The van der Waals surface area contributed by atoms with Crippen molar-refractivity contribution in [2.24, 2.45) is 0 Å². The van der Waals surface area contributed by atoms with Crippen LogP contribution >= 0.6 is 0 Å². The zero-order valence-electron chi connectivity index (χ0n) is 19.1. The number of likely N-dealkylation sites (tertiary alicyclic amines) is 1. The van der Waals surface area contributed by atoms with Gasteiger partial charge in [-0.05, 0) is 69.1 Å². The maximum atomic E-state index is 14.4. The van der Waals surface area contributed by atoms with Crippen molar-refractivity contribution in [3.63, 3.8) is 0 Å². The monoisotopic (exact) mass is 460 g/mol. The average molecular weight is 461 g/mol. The predicted molar refractivity (Wildman–Crippen MR) is 135 cm³/mol. The van der Waals surface area contributed by atoms with Gasteiger partial charge in [0.25, 0.3) is 5.56 Å². The largest absolute Gasteiger partial charge is 0.397 e. The molecule has 0 bridgehead atoms. The van der Waals surface area contributed by atoms with Gasteiger partial charge in [0.2, 0.25) is 0 Å². The predicted octanol–water partition coefficient (Wildman–Crippen LogP) is 4.25. The number of nitrogens with two attached hydrogens (primary N) is 1. The molecule has 34 heavy (non-hydrogen) atoms. The molecule has 8 heteroatoms. The van der Waals surface area contributed by atoms with E-state index in [1.54, 1.807) is 12.1 Å². The topological polar surface area (TPSA) is 94.0 Å². The van der Waals surface area contributed by atoms with Crippen LogP contribution in [0, 0.1) is 5.82 Å². The van der Waals surface area contributed by atoms with Crippen LogP contribution in [0.3, 0.4) is 0 Å². The number of H-pyrrole nitrogens is 2. The number of imidazole rings is 1. The highest BCUT2D eigenvalue weighted by Gasteiger charge is 2.26. The van der Waals surface area contributed by atoms with Gasteiger partial charge in [-0.3, -0.25) is 4.79 Å². The number of hydrogen-bond donors (Lipinski definition) is 3. The van der Waals surface area contributed by atoms with E-state index >= 15 is 0 Å². The van der Waals surface area contributed by atoms with E-state index in [1.165, 1.54) is 51.3 Å². The summed E-state index contributed by atoms with van der Waals surface area (Å²) < 4.78 is 14.4. The highest BCUT2D eigenvalue weighted by molar-refractivity contribution is 5.98. The standard InChI is InChI=1S/C26H29FN6O/c27-18-5-4-6-20-22(18)24(28)23(26(34)31-20)25-29-19-8-7-17(15-21(19)30-25)33-13-9-16(10-14-33)32-11-2-1-3-12-32/h4-8,15-16H,1-3,9-14H2,(H,29,30)(H3,28,31,34). The molecular formula is C26H29FN6O. The number of hydrogen-bond acceptors (Lipinski definition) is 5. The van der Waals surface area contributed by atoms with Crippen molar-refractivity contribution < 1.29 is 4.39 Å². The first-order chi connectivity index (χ1) is 16.6. The van der Waals surface area contributed by atoms with Crippen LogP contribution < -0.4 is 16.2 Å². The van der Waals surface area contributed by atoms with Crippen LogP contribution in [-0.2, 0) is 0 Å². The Kier molecular flexibility index (Phi) is 5.25. The Hall–Kier alpha value is -3.39. The quantitative estimate of drug-likeness (QED) is 0.425. The van der Waals surface area contributed by atoms with Crippen molar-refractivity contribution in [2.75, 3.05) is 36.8 Å². The molecule has 0 atom stereocenters. The van der Waals surface area contributed by atoms with Gasteiger partial charge in [-0.1, -0.05) is 12.5 Å². The number of benzene rings is 2. The SMILES string of the molecule is Nc1c(-c2nc3cc(N4CCC(N5CCCCC5)CC4)ccc3[nH]2)c(=O)[nH]c2cccc(F)c12. The lowest BCUT2D eigenvalue weighted by Gasteiger charge is -2.41. The van der Waals surface area contributed by atoms with Crippen molar-refractivity contribution >= 4 is 33.3 Å². The van der Waals surface area contributed by atoms with Crippen molar-refractivity contribution in [2.45, 2.75) is 38.1 Å². The van der Waals surface area contributed by atoms with Crippen LogP contribution in [0.15, 0.2) is 41.2 Å². The van der Waals surface area contributed by atoms with Gasteiger partial charge < -0.3 is 25.5 Å². The van der Waals surface area contributed by atoms with E-state index in [1.807, 2.05) is 6.07 Å². The Balaban J connectivity index is 1.28.